The molecule has 144 valence electrons. The fraction of sp³-hybridized carbons (Fsp3) is 0.333. The van der Waals surface area contributed by atoms with Crippen LogP contribution in [0.1, 0.15) is 13.8 Å². The zero-order chi connectivity index (χ0) is 19.7. The number of thioether (sulfide) groups is 1. The topological polar surface area (TPSA) is 111 Å². The first kappa shape index (κ1) is 19.7. The van der Waals surface area contributed by atoms with E-state index in [2.05, 4.69) is 10.3 Å². The maximum atomic E-state index is 13.4. The van der Waals surface area contributed by atoms with E-state index in [9.17, 15) is 13.2 Å². The molecule has 3 N–H and O–H groups in total. The first-order chi connectivity index (χ1) is 12.7. The van der Waals surface area contributed by atoms with Crippen LogP contribution >= 0.6 is 11.8 Å². The second-order valence-corrected chi connectivity index (χ2v) is 10.4. The van der Waals surface area contributed by atoms with E-state index < -0.39 is 25.4 Å². The number of hydrogen-bond donors (Lipinski definition) is 2. The summed E-state index contributed by atoms with van der Waals surface area (Å²) < 4.78 is 31.6. The fourth-order valence-corrected chi connectivity index (χ4v) is 6.84. The van der Waals surface area contributed by atoms with E-state index in [1.165, 1.54) is 23.9 Å². The summed E-state index contributed by atoms with van der Waals surface area (Å²) in [6, 6.07) is 9.33. The summed E-state index contributed by atoms with van der Waals surface area (Å²) in [7, 11) is -4.09. The first-order valence-electron chi connectivity index (χ1n) is 8.32. The largest absolute Gasteiger partial charge is 0.457 e. The van der Waals surface area contributed by atoms with Gasteiger partial charge in [-0.3, -0.25) is 15.1 Å². The summed E-state index contributed by atoms with van der Waals surface area (Å²) >= 11 is 1.41. The molecular weight excluding hydrogens is 386 g/mol. The average molecular weight is 408 g/mol. The third-order valence-corrected chi connectivity index (χ3v) is 8.68. The van der Waals surface area contributed by atoms with Crippen LogP contribution in [0.2, 0.25) is 0 Å². The van der Waals surface area contributed by atoms with Gasteiger partial charge >= 0.3 is 0 Å². The molecular formula is C18H21N3O4S2. The number of hydrogen-bond acceptors (Lipinski definition) is 7. The normalized spacial score (nSPS) is 22.1. The number of nitrogens with zero attached hydrogens (tertiary/aromatic N) is 1. The van der Waals surface area contributed by atoms with Gasteiger partial charge in [0, 0.05) is 24.7 Å². The molecule has 1 aliphatic rings. The van der Waals surface area contributed by atoms with Crippen molar-refractivity contribution in [1.82, 2.24) is 10.3 Å². The number of aromatic nitrogens is 1. The minimum absolute atomic E-state index is 0.00598. The zero-order valence-corrected chi connectivity index (χ0v) is 16.6. The van der Waals surface area contributed by atoms with Crippen molar-refractivity contribution in [3.05, 3.63) is 48.8 Å². The molecule has 2 aromatic rings. The molecule has 0 saturated carbocycles. The van der Waals surface area contributed by atoms with Crippen LogP contribution in [0.15, 0.2) is 53.7 Å². The van der Waals surface area contributed by atoms with E-state index >= 15 is 0 Å². The molecule has 1 aliphatic heterocycles. The summed E-state index contributed by atoms with van der Waals surface area (Å²) in [6.45, 7) is 3.81. The van der Waals surface area contributed by atoms with Crippen molar-refractivity contribution in [1.29, 1.82) is 0 Å². The minimum Gasteiger partial charge on any atom is -0.457 e. The van der Waals surface area contributed by atoms with Crippen molar-refractivity contribution in [2.45, 2.75) is 28.4 Å². The summed E-state index contributed by atoms with van der Waals surface area (Å²) in [5, 5.41) is 2.89. The third-order valence-electron chi connectivity index (χ3n) is 4.56. The van der Waals surface area contributed by atoms with Crippen molar-refractivity contribution in [3.8, 4) is 11.5 Å². The summed E-state index contributed by atoms with van der Waals surface area (Å²) in [5.41, 5.74) is 5.61. The lowest BCUT2D eigenvalue weighted by molar-refractivity contribution is -0.122. The number of nitrogens with two attached hydrogens (primary N) is 1. The van der Waals surface area contributed by atoms with E-state index in [-0.39, 0.29) is 4.90 Å². The smallest absolute Gasteiger partial charge is 0.255 e. The Morgan fingerprint density at radius 3 is 2.30 bits per heavy atom. The van der Waals surface area contributed by atoms with E-state index in [1.807, 2.05) is 0 Å². The summed E-state index contributed by atoms with van der Waals surface area (Å²) in [5.74, 6) is 0.840. The predicted octanol–water partition coefficient (Wildman–Crippen LogP) is 1.94. The number of ether oxygens (including phenoxy) is 1. The van der Waals surface area contributed by atoms with E-state index in [1.54, 1.807) is 50.5 Å². The summed E-state index contributed by atoms with van der Waals surface area (Å²) in [6.07, 6.45) is 3.19. The van der Waals surface area contributed by atoms with Gasteiger partial charge in [0.1, 0.15) is 11.5 Å². The maximum Gasteiger partial charge on any atom is 0.255 e. The van der Waals surface area contributed by atoms with Crippen LogP contribution < -0.4 is 15.8 Å². The molecule has 1 aromatic carbocycles. The van der Waals surface area contributed by atoms with Gasteiger partial charge in [0.25, 0.3) is 5.91 Å². The monoisotopic (exact) mass is 407 g/mol. The molecule has 1 aromatic heterocycles. The van der Waals surface area contributed by atoms with Crippen LogP contribution in [0.3, 0.4) is 0 Å². The minimum atomic E-state index is -4.09. The molecule has 0 aliphatic carbocycles. The van der Waals surface area contributed by atoms with E-state index in [0.29, 0.717) is 23.8 Å². The van der Waals surface area contributed by atoms with Gasteiger partial charge in [0.05, 0.1) is 9.64 Å². The van der Waals surface area contributed by atoms with Crippen molar-refractivity contribution < 1.29 is 17.9 Å². The maximum absolute atomic E-state index is 13.4. The Hall–Kier alpha value is -2.10. The number of nitrogens with one attached hydrogen (secondary N) is 1. The number of carbonyl (C=O) groups is 1. The van der Waals surface area contributed by atoms with Crippen molar-refractivity contribution >= 4 is 27.5 Å². The number of amides is 1. The molecule has 7 nitrogen and oxygen atoms in total. The number of carbonyl (C=O) groups excluding carboxylic acids is 1. The second-order valence-electron chi connectivity index (χ2n) is 6.59. The number of pyridine rings is 1. The van der Waals surface area contributed by atoms with Gasteiger partial charge in [-0.2, -0.15) is 11.8 Å². The van der Waals surface area contributed by atoms with Crippen LogP contribution in [0, 0.1) is 0 Å². The van der Waals surface area contributed by atoms with E-state index in [0.717, 1.165) is 0 Å². The van der Waals surface area contributed by atoms with E-state index in [4.69, 9.17) is 10.5 Å². The van der Waals surface area contributed by atoms with Crippen LogP contribution in [0.5, 0.6) is 11.5 Å². The Kier molecular flexibility index (Phi) is 5.20. The highest BCUT2D eigenvalue weighted by atomic mass is 32.2. The molecule has 1 atom stereocenters. The molecule has 0 spiro atoms. The highest BCUT2D eigenvalue weighted by Gasteiger charge is 2.61. The quantitative estimate of drug-likeness (QED) is 0.779. The Balaban J connectivity index is 1.97. The standard InChI is InChI=1S/C18H21N3O4S2/c1-17(2)18(16(19)22,21-11-12-26-17)27(23,24)15-5-3-13(4-6-15)25-14-7-9-20-10-8-14/h3-10,21H,11-12H2,1-2H3,(H2,19,22). The SMILES string of the molecule is CC1(C)SCCNC1(C(N)=O)S(=O)(=O)c1ccc(Oc2ccncc2)cc1. The number of benzene rings is 1. The molecule has 1 unspecified atom stereocenters. The van der Waals surface area contributed by atoms with Gasteiger partial charge in [-0.25, -0.2) is 8.42 Å². The Labute approximate surface area is 162 Å². The molecule has 1 saturated heterocycles. The Bertz CT molecular complexity index is 931. The highest BCUT2D eigenvalue weighted by Crippen LogP contribution is 2.44. The average Bonchev–Trinajstić information content (AvgIpc) is 2.62. The molecule has 27 heavy (non-hydrogen) atoms. The molecule has 2 heterocycles. The molecule has 1 fully saturated rings. The van der Waals surface area contributed by atoms with Crippen molar-refractivity contribution in [2.24, 2.45) is 5.73 Å². The second kappa shape index (κ2) is 7.14. The lowest BCUT2D eigenvalue weighted by Crippen LogP contribution is -2.72. The molecule has 3 rings (SSSR count). The fourth-order valence-electron chi connectivity index (χ4n) is 3.19. The number of rotatable bonds is 5. The molecule has 9 heteroatoms. The third kappa shape index (κ3) is 3.30. The number of primary amides is 1. The van der Waals surface area contributed by atoms with Crippen LogP contribution in [0.4, 0.5) is 0 Å². The van der Waals surface area contributed by atoms with Crippen molar-refractivity contribution in [3.63, 3.8) is 0 Å². The lowest BCUT2D eigenvalue weighted by Gasteiger charge is -2.46. The van der Waals surface area contributed by atoms with Crippen LogP contribution in [-0.2, 0) is 14.6 Å². The highest BCUT2D eigenvalue weighted by molar-refractivity contribution is 8.02. The van der Waals surface area contributed by atoms with Gasteiger partial charge in [0.15, 0.2) is 0 Å². The molecule has 0 bridgehead atoms. The van der Waals surface area contributed by atoms with Gasteiger partial charge in [-0.05, 0) is 50.2 Å². The van der Waals surface area contributed by atoms with Gasteiger partial charge in [0.2, 0.25) is 14.7 Å². The van der Waals surface area contributed by atoms with Gasteiger partial charge in [-0.15, -0.1) is 0 Å². The predicted molar refractivity (Wildman–Crippen MR) is 104 cm³/mol. The Morgan fingerprint density at radius 1 is 1.15 bits per heavy atom. The molecule has 1 amide bonds. The molecule has 0 radical (unpaired) electrons. The van der Waals surface area contributed by atoms with Gasteiger partial charge in [-0.1, -0.05) is 0 Å². The first-order valence-corrected chi connectivity index (χ1v) is 10.8. The van der Waals surface area contributed by atoms with Gasteiger partial charge < -0.3 is 10.5 Å². The van der Waals surface area contributed by atoms with Crippen molar-refractivity contribution in [2.75, 3.05) is 12.3 Å². The summed E-state index contributed by atoms with van der Waals surface area (Å²) in [4.78, 5) is 14.4. The Morgan fingerprint density at radius 2 is 1.74 bits per heavy atom. The zero-order valence-electron chi connectivity index (χ0n) is 15.0. The lowest BCUT2D eigenvalue weighted by atomic mass is 10.0. The number of sulfone groups is 1. The van der Waals surface area contributed by atoms with Crippen LogP contribution in [0.25, 0.3) is 0 Å². The van der Waals surface area contributed by atoms with Crippen LogP contribution in [-0.4, -0.2) is 41.2 Å².